The molecule has 2 aromatic heterocycles. The summed E-state index contributed by atoms with van der Waals surface area (Å²) in [6.07, 6.45) is 2.08. The Morgan fingerprint density at radius 1 is 1.24 bits per heavy atom. The number of nitrogens with zero attached hydrogens (tertiary/aromatic N) is 3. The van der Waals surface area contributed by atoms with Crippen LogP contribution in [0.25, 0.3) is 11.2 Å². The summed E-state index contributed by atoms with van der Waals surface area (Å²) in [5.41, 5.74) is -0.399. The number of nitrogens with one attached hydrogen (secondary N) is 2. The summed E-state index contributed by atoms with van der Waals surface area (Å²) in [6, 6.07) is -0.511. The van der Waals surface area contributed by atoms with E-state index in [-0.39, 0.29) is 11.3 Å². The van der Waals surface area contributed by atoms with Gasteiger partial charge in [0, 0.05) is 7.05 Å². The number of fused-ring (bicyclic) bond motifs is 1. The van der Waals surface area contributed by atoms with E-state index in [1.54, 1.807) is 18.5 Å². The molecule has 8 nitrogen and oxygen atoms in total. The highest BCUT2D eigenvalue weighted by atomic mass is 16.2. The molecule has 0 bridgehead atoms. The number of aryl methyl sites for hydroxylation is 1. The van der Waals surface area contributed by atoms with Crippen LogP contribution < -0.4 is 16.1 Å². The Kier molecular flexibility index (Phi) is 5.94. The molecule has 0 spiro atoms. The van der Waals surface area contributed by atoms with Crippen LogP contribution in [0.15, 0.2) is 9.59 Å². The summed E-state index contributed by atoms with van der Waals surface area (Å²) in [5, 5.41) is 0. The minimum atomic E-state index is -0.511. The van der Waals surface area contributed by atoms with Crippen LogP contribution in [-0.4, -0.2) is 38.0 Å². The quantitative estimate of drug-likeness (QED) is 0.688. The fourth-order valence-corrected chi connectivity index (χ4v) is 3.20. The fourth-order valence-electron chi connectivity index (χ4n) is 3.20. The Bertz CT molecular complexity index is 871. The highest BCUT2D eigenvalue weighted by Gasteiger charge is 2.25. The number of carbonyl (C=O) groups excluding carboxylic acids is 1. The van der Waals surface area contributed by atoms with E-state index in [0.717, 1.165) is 25.9 Å². The number of aromatic nitrogens is 4. The molecular formula is C17H28N5O3+. The number of aromatic amines is 1. The van der Waals surface area contributed by atoms with E-state index in [0.29, 0.717) is 18.0 Å². The lowest BCUT2D eigenvalue weighted by molar-refractivity contribution is -0.914. The van der Waals surface area contributed by atoms with E-state index in [1.165, 1.54) is 16.4 Å². The molecule has 25 heavy (non-hydrogen) atoms. The maximum Gasteiger partial charge on any atom is 0.329 e. The predicted molar refractivity (Wildman–Crippen MR) is 96.0 cm³/mol. The van der Waals surface area contributed by atoms with Crippen molar-refractivity contribution in [1.29, 1.82) is 0 Å². The Morgan fingerprint density at radius 2 is 1.84 bits per heavy atom. The van der Waals surface area contributed by atoms with Crippen molar-refractivity contribution in [3.63, 3.8) is 0 Å². The molecule has 8 heteroatoms. The molecule has 0 unspecified atom stereocenters. The number of carbonyl (C=O) groups is 1. The summed E-state index contributed by atoms with van der Waals surface area (Å²) in [5.74, 6) is 0.614. The lowest BCUT2D eigenvalue weighted by atomic mass is 10.2. The number of quaternary nitrogens is 1. The second-order valence-corrected chi connectivity index (χ2v) is 6.60. The molecule has 2 rings (SSSR count). The first-order valence-electron chi connectivity index (χ1n) is 8.85. The SMILES string of the molecule is CCC[NH+](CCC)Cc1nc2c(c(=O)[nH]c(=O)n2C)n1[C@H](C)C(C)=O. The predicted octanol–water partition coefficient (Wildman–Crippen LogP) is -0.222. The molecule has 138 valence electrons. The lowest BCUT2D eigenvalue weighted by Gasteiger charge is -2.20. The number of rotatable bonds is 8. The number of hydrogen-bond acceptors (Lipinski definition) is 4. The normalized spacial score (nSPS) is 12.9. The third-order valence-corrected chi connectivity index (χ3v) is 4.61. The van der Waals surface area contributed by atoms with Gasteiger partial charge in [-0.3, -0.25) is 19.1 Å². The smallest absolute Gasteiger partial charge is 0.329 e. The number of ketones is 1. The number of hydrogen-bond donors (Lipinski definition) is 2. The first kappa shape index (κ1) is 19.1. The van der Waals surface area contributed by atoms with Crippen molar-refractivity contribution < 1.29 is 9.69 Å². The largest absolute Gasteiger partial charge is 0.329 e. The molecule has 0 aliphatic heterocycles. The van der Waals surface area contributed by atoms with Gasteiger partial charge in [0.25, 0.3) is 5.56 Å². The van der Waals surface area contributed by atoms with Gasteiger partial charge >= 0.3 is 5.69 Å². The van der Waals surface area contributed by atoms with Crippen LogP contribution in [0.4, 0.5) is 0 Å². The van der Waals surface area contributed by atoms with Gasteiger partial charge in [-0.1, -0.05) is 13.8 Å². The Morgan fingerprint density at radius 3 is 2.36 bits per heavy atom. The van der Waals surface area contributed by atoms with Crippen LogP contribution in [0.1, 0.15) is 52.4 Å². The second kappa shape index (κ2) is 7.77. The van der Waals surface area contributed by atoms with Crippen molar-refractivity contribution in [3.05, 3.63) is 26.7 Å². The standard InChI is InChI=1S/C17H27N5O3/c1-6-8-21(9-7-2)10-13-18-15-14(22(13)11(3)12(4)23)16(24)19-17(25)20(15)5/h11H,6-10H2,1-5H3,(H,19,24,25)/p+1/t11-/m1/s1. The van der Waals surface area contributed by atoms with E-state index < -0.39 is 17.3 Å². The van der Waals surface area contributed by atoms with Gasteiger partial charge in [0.15, 0.2) is 22.8 Å². The molecule has 0 saturated heterocycles. The Labute approximate surface area is 146 Å². The van der Waals surface area contributed by atoms with Crippen LogP contribution in [0.2, 0.25) is 0 Å². The molecule has 0 saturated carbocycles. The van der Waals surface area contributed by atoms with Crippen LogP contribution in [-0.2, 0) is 18.4 Å². The molecule has 0 fully saturated rings. The minimum Gasteiger partial charge on any atom is -0.329 e. The van der Waals surface area contributed by atoms with Gasteiger partial charge in [0.1, 0.15) is 6.54 Å². The van der Waals surface area contributed by atoms with E-state index in [9.17, 15) is 14.4 Å². The van der Waals surface area contributed by atoms with Gasteiger partial charge < -0.3 is 9.47 Å². The number of imidazole rings is 1. The van der Waals surface area contributed by atoms with Crippen molar-refractivity contribution in [3.8, 4) is 0 Å². The highest BCUT2D eigenvalue weighted by molar-refractivity contribution is 5.82. The number of H-pyrrole nitrogens is 1. The molecular weight excluding hydrogens is 322 g/mol. The summed E-state index contributed by atoms with van der Waals surface area (Å²) < 4.78 is 3.02. The fraction of sp³-hybridized carbons (Fsp3) is 0.647. The van der Waals surface area contributed by atoms with Gasteiger partial charge in [-0.05, 0) is 26.7 Å². The molecule has 2 N–H and O–H groups in total. The lowest BCUT2D eigenvalue weighted by Crippen LogP contribution is -3.10. The topological polar surface area (TPSA) is 94.2 Å². The van der Waals surface area contributed by atoms with E-state index in [1.807, 2.05) is 0 Å². The average molecular weight is 350 g/mol. The summed E-state index contributed by atoms with van der Waals surface area (Å²) in [4.78, 5) is 44.5. The molecule has 0 amide bonds. The monoisotopic (exact) mass is 350 g/mol. The third-order valence-electron chi connectivity index (χ3n) is 4.61. The zero-order chi connectivity index (χ0) is 18.7. The Hall–Kier alpha value is -2.22. The summed E-state index contributed by atoms with van der Waals surface area (Å²) >= 11 is 0. The van der Waals surface area contributed by atoms with Crippen LogP contribution >= 0.6 is 0 Å². The van der Waals surface area contributed by atoms with E-state index >= 15 is 0 Å². The summed E-state index contributed by atoms with van der Waals surface area (Å²) in [7, 11) is 1.57. The summed E-state index contributed by atoms with van der Waals surface area (Å²) in [6.45, 7) is 10.1. The van der Waals surface area contributed by atoms with Gasteiger partial charge in [0.05, 0.1) is 19.1 Å². The molecule has 2 aromatic rings. The van der Waals surface area contributed by atoms with Crippen molar-refractivity contribution in [1.82, 2.24) is 19.1 Å². The van der Waals surface area contributed by atoms with Gasteiger partial charge in [0.2, 0.25) is 0 Å². The van der Waals surface area contributed by atoms with Crippen LogP contribution in [0.3, 0.4) is 0 Å². The van der Waals surface area contributed by atoms with E-state index in [2.05, 4.69) is 23.8 Å². The molecule has 0 aromatic carbocycles. The molecule has 1 atom stereocenters. The molecule has 0 aliphatic carbocycles. The van der Waals surface area contributed by atoms with Gasteiger partial charge in [-0.2, -0.15) is 0 Å². The Balaban J connectivity index is 2.69. The number of Topliss-reactive ketones (excluding diaryl/α,β-unsaturated/α-hetero) is 1. The van der Waals surface area contributed by atoms with Crippen LogP contribution in [0.5, 0.6) is 0 Å². The second-order valence-electron chi connectivity index (χ2n) is 6.60. The zero-order valence-corrected chi connectivity index (χ0v) is 15.7. The minimum absolute atomic E-state index is 0.0543. The maximum absolute atomic E-state index is 12.4. The van der Waals surface area contributed by atoms with E-state index in [4.69, 9.17) is 0 Å². The van der Waals surface area contributed by atoms with Crippen LogP contribution in [0, 0.1) is 0 Å². The highest BCUT2D eigenvalue weighted by Crippen LogP contribution is 2.17. The molecule has 0 aliphatic rings. The van der Waals surface area contributed by atoms with Crippen molar-refractivity contribution in [2.45, 2.75) is 53.1 Å². The van der Waals surface area contributed by atoms with Gasteiger partial charge in [-0.15, -0.1) is 0 Å². The van der Waals surface area contributed by atoms with Gasteiger partial charge in [-0.25, -0.2) is 9.78 Å². The molecule has 2 heterocycles. The first-order valence-corrected chi connectivity index (χ1v) is 8.85. The molecule has 0 radical (unpaired) electrons. The third kappa shape index (κ3) is 3.73. The average Bonchev–Trinajstić information content (AvgIpc) is 2.92. The zero-order valence-electron chi connectivity index (χ0n) is 15.7. The van der Waals surface area contributed by atoms with Crippen molar-refractivity contribution in [2.24, 2.45) is 7.05 Å². The maximum atomic E-state index is 12.4. The van der Waals surface area contributed by atoms with Crippen molar-refractivity contribution >= 4 is 16.9 Å². The first-order chi connectivity index (χ1) is 11.8. The van der Waals surface area contributed by atoms with Crippen molar-refractivity contribution in [2.75, 3.05) is 13.1 Å².